The van der Waals surface area contributed by atoms with Crippen molar-refractivity contribution in [2.75, 3.05) is 6.61 Å². The first-order chi connectivity index (χ1) is 4.42. The first-order valence-corrected chi connectivity index (χ1v) is 3.73. The van der Waals surface area contributed by atoms with Crippen LogP contribution in [0.5, 0.6) is 0 Å². The molecule has 0 amide bonds. The minimum atomic E-state index is 0.376. The quantitative estimate of drug-likeness (QED) is 0.553. The summed E-state index contributed by atoms with van der Waals surface area (Å²) in [6.07, 6.45) is 5.03. The van der Waals surface area contributed by atoms with Crippen LogP contribution in [0.2, 0.25) is 0 Å². The van der Waals surface area contributed by atoms with Crippen LogP contribution in [0.25, 0.3) is 0 Å². The van der Waals surface area contributed by atoms with Crippen molar-refractivity contribution >= 4 is 0 Å². The lowest BCUT2D eigenvalue weighted by atomic mass is 10.3. The number of aliphatic hydroxyl groups is 1. The third-order valence-corrected chi connectivity index (χ3v) is 2.23. The zero-order valence-corrected chi connectivity index (χ0v) is 5.56. The van der Waals surface area contributed by atoms with E-state index in [0.717, 1.165) is 12.3 Å². The second-order valence-electron chi connectivity index (χ2n) is 3.04. The third kappa shape index (κ3) is 1.01. The smallest absolute Gasteiger partial charge is 0.0436 e. The van der Waals surface area contributed by atoms with Crippen LogP contribution in [0.4, 0.5) is 0 Å². The second-order valence-corrected chi connectivity index (χ2v) is 3.04. The maximum atomic E-state index is 8.57. The summed E-state index contributed by atoms with van der Waals surface area (Å²) >= 11 is 0. The molecular formula is C8H12O. The first kappa shape index (κ1) is 5.48. The number of rotatable bonds is 2. The van der Waals surface area contributed by atoms with Crippen molar-refractivity contribution in [1.82, 2.24) is 0 Å². The van der Waals surface area contributed by atoms with Gasteiger partial charge in [-0.05, 0) is 31.6 Å². The molecule has 0 aromatic rings. The predicted molar refractivity (Wildman–Crippen MR) is 36.1 cm³/mol. The molecule has 2 fully saturated rings. The van der Waals surface area contributed by atoms with Crippen molar-refractivity contribution in [3.05, 3.63) is 11.1 Å². The minimum absolute atomic E-state index is 0.376. The second kappa shape index (κ2) is 1.84. The molecule has 0 aromatic heterocycles. The van der Waals surface area contributed by atoms with Crippen LogP contribution in [0.15, 0.2) is 11.1 Å². The number of allylic oxidation sites excluding steroid dienone is 2. The molecule has 1 heteroatoms. The highest BCUT2D eigenvalue weighted by Crippen LogP contribution is 2.49. The summed E-state index contributed by atoms with van der Waals surface area (Å²) in [5, 5.41) is 8.57. The van der Waals surface area contributed by atoms with Gasteiger partial charge in [-0.1, -0.05) is 11.1 Å². The molecule has 0 saturated heterocycles. The monoisotopic (exact) mass is 124 g/mol. The fraction of sp³-hybridized carbons (Fsp3) is 0.750. The van der Waals surface area contributed by atoms with Crippen LogP contribution in [0, 0.1) is 5.92 Å². The van der Waals surface area contributed by atoms with Crippen molar-refractivity contribution in [3.8, 4) is 0 Å². The lowest BCUT2D eigenvalue weighted by Crippen LogP contribution is -1.82. The Bertz CT molecular complexity index is 152. The Morgan fingerprint density at radius 1 is 1.44 bits per heavy atom. The van der Waals surface area contributed by atoms with E-state index in [1.807, 2.05) is 0 Å². The van der Waals surface area contributed by atoms with Gasteiger partial charge in [-0.15, -0.1) is 0 Å². The molecule has 2 aliphatic carbocycles. The molecule has 1 nitrogen and oxygen atoms in total. The Morgan fingerprint density at radius 2 is 2.22 bits per heavy atom. The first-order valence-electron chi connectivity index (χ1n) is 3.73. The summed E-state index contributed by atoms with van der Waals surface area (Å²) in [5.74, 6) is 0.799. The Kier molecular flexibility index (Phi) is 1.12. The normalized spacial score (nSPS) is 31.0. The molecule has 1 unspecified atom stereocenters. The standard InChI is InChI=1S/C8H12O/c9-4-3-7-5-8(7)6-1-2-6/h7,9H,1-5H2. The molecule has 0 spiro atoms. The van der Waals surface area contributed by atoms with Gasteiger partial charge in [-0.2, -0.15) is 0 Å². The highest BCUT2D eigenvalue weighted by molar-refractivity contribution is 5.36. The van der Waals surface area contributed by atoms with Crippen molar-refractivity contribution in [2.24, 2.45) is 5.92 Å². The Balaban J connectivity index is 1.88. The molecule has 0 bridgehead atoms. The van der Waals surface area contributed by atoms with E-state index >= 15 is 0 Å². The molecular weight excluding hydrogens is 112 g/mol. The van der Waals surface area contributed by atoms with Gasteiger partial charge in [-0.3, -0.25) is 0 Å². The molecule has 2 aliphatic rings. The highest BCUT2D eigenvalue weighted by atomic mass is 16.3. The maximum absolute atomic E-state index is 8.57. The lowest BCUT2D eigenvalue weighted by Gasteiger charge is -1.84. The van der Waals surface area contributed by atoms with Gasteiger partial charge in [0.2, 0.25) is 0 Å². The van der Waals surface area contributed by atoms with Crippen LogP contribution in [0.1, 0.15) is 25.7 Å². The number of aliphatic hydroxyl groups excluding tert-OH is 1. The molecule has 2 rings (SSSR count). The van der Waals surface area contributed by atoms with E-state index < -0.39 is 0 Å². The predicted octanol–water partition coefficient (Wildman–Crippen LogP) is 1.48. The average molecular weight is 124 g/mol. The fourth-order valence-electron chi connectivity index (χ4n) is 1.46. The SMILES string of the molecule is OCCC1CC1=C1CC1. The van der Waals surface area contributed by atoms with Crippen LogP contribution < -0.4 is 0 Å². The molecule has 50 valence electrons. The zero-order chi connectivity index (χ0) is 6.27. The van der Waals surface area contributed by atoms with Crippen molar-refractivity contribution in [3.63, 3.8) is 0 Å². The van der Waals surface area contributed by atoms with E-state index in [0.29, 0.717) is 6.61 Å². The van der Waals surface area contributed by atoms with Gasteiger partial charge < -0.3 is 5.11 Å². The number of hydrogen-bond acceptors (Lipinski definition) is 1. The van der Waals surface area contributed by atoms with E-state index in [1.165, 1.54) is 19.3 Å². The third-order valence-electron chi connectivity index (χ3n) is 2.23. The van der Waals surface area contributed by atoms with Crippen molar-refractivity contribution in [1.29, 1.82) is 0 Å². The van der Waals surface area contributed by atoms with Gasteiger partial charge in [0.25, 0.3) is 0 Å². The largest absolute Gasteiger partial charge is 0.396 e. The molecule has 2 saturated carbocycles. The van der Waals surface area contributed by atoms with Crippen LogP contribution in [0.3, 0.4) is 0 Å². The summed E-state index contributed by atoms with van der Waals surface area (Å²) < 4.78 is 0. The molecule has 0 radical (unpaired) electrons. The molecule has 9 heavy (non-hydrogen) atoms. The summed E-state index contributed by atoms with van der Waals surface area (Å²) in [5.41, 5.74) is 3.39. The Labute approximate surface area is 55.4 Å². The Morgan fingerprint density at radius 3 is 2.78 bits per heavy atom. The van der Waals surface area contributed by atoms with E-state index in [9.17, 15) is 0 Å². The van der Waals surface area contributed by atoms with Gasteiger partial charge in [0.05, 0.1) is 0 Å². The molecule has 0 aromatic carbocycles. The Hall–Kier alpha value is -0.300. The topological polar surface area (TPSA) is 20.2 Å². The van der Waals surface area contributed by atoms with E-state index in [1.54, 1.807) is 11.1 Å². The zero-order valence-electron chi connectivity index (χ0n) is 5.56. The van der Waals surface area contributed by atoms with Gasteiger partial charge >= 0.3 is 0 Å². The summed E-state index contributed by atoms with van der Waals surface area (Å²) in [6.45, 7) is 0.376. The van der Waals surface area contributed by atoms with Crippen molar-refractivity contribution < 1.29 is 5.11 Å². The van der Waals surface area contributed by atoms with E-state index in [-0.39, 0.29) is 0 Å². The van der Waals surface area contributed by atoms with Crippen molar-refractivity contribution in [2.45, 2.75) is 25.7 Å². The van der Waals surface area contributed by atoms with Crippen LogP contribution in [-0.2, 0) is 0 Å². The highest BCUT2D eigenvalue weighted by Gasteiger charge is 2.34. The summed E-state index contributed by atoms with van der Waals surface area (Å²) in [4.78, 5) is 0. The van der Waals surface area contributed by atoms with E-state index in [2.05, 4.69) is 0 Å². The lowest BCUT2D eigenvalue weighted by molar-refractivity contribution is 0.282. The molecule has 0 heterocycles. The van der Waals surface area contributed by atoms with Crippen LogP contribution >= 0.6 is 0 Å². The molecule has 1 N–H and O–H groups in total. The maximum Gasteiger partial charge on any atom is 0.0436 e. The van der Waals surface area contributed by atoms with Gasteiger partial charge in [0, 0.05) is 6.61 Å². The number of hydrogen-bond donors (Lipinski definition) is 1. The molecule has 0 aliphatic heterocycles. The van der Waals surface area contributed by atoms with Crippen LogP contribution in [-0.4, -0.2) is 11.7 Å². The van der Waals surface area contributed by atoms with Gasteiger partial charge in [-0.25, -0.2) is 0 Å². The average Bonchev–Trinajstić information content (AvgIpc) is 2.58. The van der Waals surface area contributed by atoms with Gasteiger partial charge in [0.1, 0.15) is 0 Å². The fourth-order valence-corrected chi connectivity index (χ4v) is 1.46. The van der Waals surface area contributed by atoms with E-state index in [4.69, 9.17) is 5.11 Å². The molecule has 1 atom stereocenters. The minimum Gasteiger partial charge on any atom is -0.396 e. The van der Waals surface area contributed by atoms with Gasteiger partial charge in [0.15, 0.2) is 0 Å². The summed E-state index contributed by atoms with van der Waals surface area (Å²) in [6, 6.07) is 0. The summed E-state index contributed by atoms with van der Waals surface area (Å²) in [7, 11) is 0.